The first kappa shape index (κ1) is 18.0. The van der Waals surface area contributed by atoms with Gasteiger partial charge in [-0.25, -0.2) is 0 Å². The topological polar surface area (TPSA) is 41.5 Å². The maximum absolute atomic E-state index is 9.85. The molecule has 1 rings (SSSR count). The van der Waals surface area contributed by atoms with Gasteiger partial charge in [0, 0.05) is 6.54 Å². The Morgan fingerprint density at radius 1 is 1.05 bits per heavy atom. The molecule has 1 aromatic rings. The van der Waals surface area contributed by atoms with Crippen LogP contribution in [0.2, 0.25) is 0 Å². The summed E-state index contributed by atoms with van der Waals surface area (Å²) in [6.07, 6.45) is 7.34. The number of nitrogens with one attached hydrogen (secondary N) is 1. The fraction of sp³-hybridized carbons (Fsp3) is 0.667. The molecule has 0 bridgehead atoms. The summed E-state index contributed by atoms with van der Waals surface area (Å²) in [4.78, 5) is 0. The highest BCUT2D eigenvalue weighted by molar-refractivity contribution is 5.26. The fourth-order valence-corrected chi connectivity index (χ4v) is 2.18. The molecule has 1 aromatic carbocycles. The molecular formula is C18H31NO2. The Morgan fingerprint density at radius 3 is 2.43 bits per heavy atom. The Bertz CT molecular complexity index is 351. The van der Waals surface area contributed by atoms with E-state index in [9.17, 15) is 5.11 Å². The minimum atomic E-state index is -0.452. The highest BCUT2D eigenvalue weighted by Gasteiger charge is 2.04. The fourth-order valence-electron chi connectivity index (χ4n) is 2.18. The molecule has 1 atom stereocenters. The van der Waals surface area contributed by atoms with Gasteiger partial charge in [-0.2, -0.15) is 0 Å². The van der Waals surface area contributed by atoms with Gasteiger partial charge in [0.15, 0.2) is 0 Å². The minimum Gasteiger partial charge on any atom is -0.491 e. The van der Waals surface area contributed by atoms with Gasteiger partial charge < -0.3 is 15.2 Å². The van der Waals surface area contributed by atoms with E-state index in [1.54, 1.807) is 0 Å². The van der Waals surface area contributed by atoms with Crippen LogP contribution < -0.4 is 10.1 Å². The molecule has 0 radical (unpaired) electrons. The lowest BCUT2D eigenvalue weighted by Gasteiger charge is -2.13. The number of hydrogen-bond acceptors (Lipinski definition) is 3. The first-order valence-electron chi connectivity index (χ1n) is 8.30. The molecular weight excluding hydrogens is 262 g/mol. The van der Waals surface area contributed by atoms with Crippen LogP contribution in [0.25, 0.3) is 0 Å². The molecule has 120 valence electrons. The van der Waals surface area contributed by atoms with Crippen LogP contribution in [-0.4, -0.2) is 30.9 Å². The Labute approximate surface area is 129 Å². The Kier molecular flexibility index (Phi) is 9.92. The maximum atomic E-state index is 9.85. The lowest BCUT2D eigenvalue weighted by molar-refractivity contribution is 0.106. The summed E-state index contributed by atoms with van der Waals surface area (Å²) < 4.78 is 5.56. The predicted octanol–water partition coefficient (Wildman–Crippen LogP) is 3.68. The molecule has 3 nitrogen and oxygen atoms in total. The van der Waals surface area contributed by atoms with Crippen LogP contribution in [0.1, 0.15) is 51.0 Å². The van der Waals surface area contributed by atoms with E-state index < -0.39 is 6.10 Å². The summed E-state index contributed by atoms with van der Waals surface area (Å²) in [5, 5.41) is 13.1. The second-order valence-corrected chi connectivity index (χ2v) is 5.75. The van der Waals surface area contributed by atoms with E-state index in [0.717, 1.165) is 12.3 Å². The van der Waals surface area contributed by atoms with Crippen LogP contribution in [0, 0.1) is 6.92 Å². The van der Waals surface area contributed by atoms with E-state index >= 15 is 0 Å². The van der Waals surface area contributed by atoms with Gasteiger partial charge in [0.2, 0.25) is 0 Å². The molecule has 0 spiro atoms. The zero-order chi connectivity index (χ0) is 15.3. The predicted molar refractivity (Wildman–Crippen MR) is 88.9 cm³/mol. The number of aliphatic hydroxyl groups excluding tert-OH is 1. The molecule has 3 heteroatoms. The van der Waals surface area contributed by atoms with E-state index in [4.69, 9.17) is 4.74 Å². The third-order valence-electron chi connectivity index (χ3n) is 3.55. The molecule has 0 aliphatic rings. The van der Waals surface area contributed by atoms with Crippen molar-refractivity contribution in [3.63, 3.8) is 0 Å². The van der Waals surface area contributed by atoms with E-state index in [-0.39, 0.29) is 0 Å². The van der Waals surface area contributed by atoms with Crippen molar-refractivity contribution in [3.8, 4) is 5.75 Å². The summed E-state index contributed by atoms with van der Waals surface area (Å²) in [5.74, 6) is 0.815. The van der Waals surface area contributed by atoms with E-state index in [1.165, 1.54) is 44.1 Å². The van der Waals surface area contributed by atoms with Gasteiger partial charge in [0.25, 0.3) is 0 Å². The Hall–Kier alpha value is -1.06. The zero-order valence-corrected chi connectivity index (χ0v) is 13.6. The first-order valence-corrected chi connectivity index (χ1v) is 8.30. The van der Waals surface area contributed by atoms with Crippen molar-refractivity contribution in [2.45, 2.75) is 58.5 Å². The molecule has 0 aliphatic carbocycles. The van der Waals surface area contributed by atoms with Crippen molar-refractivity contribution >= 4 is 0 Å². The summed E-state index contributed by atoms with van der Waals surface area (Å²) in [7, 11) is 0. The van der Waals surface area contributed by atoms with E-state index in [0.29, 0.717) is 13.2 Å². The smallest absolute Gasteiger partial charge is 0.119 e. The average Bonchev–Trinajstić information content (AvgIpc) is 2.49. The van der Waals surface area contributed by atoms with Crippen LogP contribution in [0.15, 0.2) is 24.3 Å². The van der Waals surface area contributed by atoms with Crippen molar-refractivity contribution in [2.75, 3.05) is 19.7 Å². The van der Waals surface area contributed by atoms with Gasteiger partial charge in [-0.3, -0.25) is 0 Å². The third kappa shape index (κ3) is 9.48. The number of aliphatic hydroxyl groups is 1. The SMILES string of the molecule is CCCCCCCCNCC(O)COc1ccc(C)cc1. The van der Waals surface area contributed by atoms with Crippen LogP contribution in [0.4, 0.5) is 0 Å². The molecule has 1 unspecified atom stereocenters. The molecule has 0 heterocycles. The van der Waals surface area contributed by atoms with Crippen LogP contribution in [0.3, 0.4) is 0 Å². The van der Waals surface area contributed by atoms with Gasteiger partial charge in [-0.05, 0) is 32.0 Å². The van der Waals surface area contributed by atoms with Crippen molar-refractivity contribution in [1.82, 2.24) is 5.32 Å². The molecule has 0 aromatic heterocycles. The molecule has 0 saturated carbocycles. The van der Waals surface area contributed by atoms with Gasteiger partial charge in [-0.1, -0.05) is 56.7 Å². The number of unbranched alkanes of at least 4 members (excludes halogenated alkanes) is 5. The molecule has 0 saturated heterocycles. The second kappa shape index (κ2) is 11.6. The highest BCUT2D eigenvalue weighted by Crippen LogP contribution is 2.11. The molecule has 2 N–H and O–H groups in total. The lowest BCUT2D eigenvalue weighted by Crippen LogP contribution is -2.32. The number of aryl methyl sites for hydroxylation is 1. The largest absolute Gasteiger partial charge is 0.491 e. The Balaban J connectivity index is 1.96. The zero-order valence-electron chi connectivity index (χ0n) is 13.6. The third-order valence-corrected chi connectivity index (χ3v) is 3.55. The molecule has 21 heavy (non-hydrogen) atoms. The van der Waals surface area contributed by atoms with Crippen LogP contribution in [-0.2, 0) is 0 Å². The van der Waals surface area contributed by atoms with Crippen LogP contribution in [0.5, 0.6) is 5.75 Å². The summed E-state index contributed by atoms with van der Waals surface area (Å²) in [5.41, 5.74) is 1.21. The number of ether oxygens (including phenoxy) is 1. The number of rotatable bonds is 12. The quantitative estimate of drug-likeness (QED) is 0.578. The molecule has 0 aliphatic heterocycles. The van der Waals surface area contributed by atoms with E-state index in [2.05, 4.69) is 12.2 Å². The molecule has 0 amide bonds. The van der Waals surface area contributed by atoms with Gasteiger partial charge in [0.05, 0.1) is 0 Å². The maximum Gasteiger partial charge on any atom is 0.119 e. The average molecular weight is 293 g/mol. The monoisotopic (exact) mass is 293 g/mol. The lowest BCUT2D eigenvalue weighted by atomic mass is 10.1. The van der Waals surface area contributed by atoms with Crippen molar-refractivity contribution in [1.29, 1.82) is 0 Å². The number of benzene rings is 1. The standard InChI is InChI=1S/C18H31NO2/c1-3-4-5-6-7-8-13-19-14-17(20)15-21-18-11-9-16(2)10-12-18/h9-12,17,19-20H,3-8,13-15H2,1-2H3. The van der Waals surface area contributed by atoms with Crippen LogP contribution >= 0.6 is 0 Å². The summed E-state index contributed by atoms with van der Waals surface area (Å²) >= 11 is 0. The van der Waals surface area contributed by atoms with Gasteiger partial charge in [-0.15, -0.1) is 0 Å². The van der Waals surface area contributed by atoms with Gasteiger partial charge in [0.1, 0.15) is 18.5 Å². The van der Waals surface area contributed by atoms with E-state index in [1.807, 2.05) is 31.2 Å². The number of hydrogen-bond donors (Lipinski definition) is 2. The summed E-state index contributed by atoms with van der Waals surface area (Å²) in [6.45, 7) is 6.20. The summed E-state index contributed by atoms with van der Waals surface area (Å²) in [6, 6.07) is 7.90. The highest BCUT2D eigenvalue weighted by atomic mass is 16.5. The van der Waals surface area contributed by atoms with Crippen molar-refractivity contribution in [3.05, 3.63) is 29.8 Å². The normalized spacial score (nSPS) is 12.3. The van der Waals surface area contributed by atoms with Gasteiger partial charge >= 0.3 is 0 Å². The van der Waals surface area contributed by atoms with Crippen molar-refractivity contribution < 1.29 is 9.84 Å². The Morgan fingerprint density at radius 2 is 1.71 bits per heavy atom. The van der Waals surface area contributed by atoms with Crippen molar-refractivity contribution in [2.24, 2.45) is 0 Å². The first-order chi connectivity index (χ1) is 10.2. The minimum absolute atomic E-state index is 0.340. The molecule has 0 fully saturated rings. The second-order valence-electron chi connectivity index (χ2n) is 5.75.